The summed E-state index contributed by atoms with van der Waals surface area (Å²) in [4.78, 5) is 33.1. The molecule has 1 N–H and O–H groups in total. The van der Waals surface area contributed by atoms with Gasteiger partial charge in [-0.05, 0) is 41.5 Å². The molecule has 0 saturated carbocycles. The lowest BCUT2D eigenvalue weighted by Gasteiger charge is -2.15. The number of carbonyl (C=O) groups is 1. The molecular formula is C22H19N3O4. The minimum atomic E-state index is -0.991. The van der Waals surface area contributed by atoms with Gasteiger partial charge in [0.25, 0.3) is 5.56 Å². The maximum Gasteiger partial charge on any atom is 0.305 e. The van der Waals surface area contributed by atoms with Gasteiger partial charge in [-0.15, -0.1) is 0 Å². The molecule has 1 aliphatic heterocycles. The SMILES string of the molecule is COc1ccc2c(c1)C(c1ccccn1)=NC(CC(=O)O)c1cc(=O)n(C)cc1-2. The fraction of sp³-hybridized carbons (Fsp3) is 0.182. The molecule has 29 heavy (non-hydrogen) atoms. The van der Waals surface area contributed by atoms with Crippen LogP contribution >= 0.6 is 0 Å². The number of aryl methyl sites for hydroxylation is 1. The van der Waals surface area contributed by atoms with Crippen LogP contribution in [-0.4, -0.2) is 33.4 Å². The lowest BCUT2D eigenvalue weighted by Crippen LogP contribution is -2.18. The molecule has 1 aliphatic rings. The third kappa shape index (κ3) is 3.42. The number of carboxylic acids is 1. The molecule has 0 aliphatic carbocycles. The Kier molecular flexibility index (Phi) is 4.72. The van der Waals surface area contributed by atoms with Gasteiger partial charge < -0.3 is 14.4 Å². The van der Waals surface area contributed by atoms with E-state index in [-0.39, 0.29) is 12.0 Å². The molecular weight excluding hydrogens is 370 g/mol. The highest BCUT2D eigenvalue weighted by Gasteiger charge is 2.28. The van der Waals surface area contributed by atoms with E-state index in [1.165, 1.54) is 10.6 Å². The Hall–Kier alpha value is -3.74. The quantitative estimate of drug-likeness (QED) is 0.741. The predicted octanol–water partition coefficient (Wildman–Crippen LogP) is 2.82. The molecule has 0 radical (unpaired) electrons. The maximum atomic E-state index is 12.3. The van der Waals surface area contributed by atoms with Crippen molar-refractivity contribution in [3.05, 3.63) is 82.0 Å². The van der Waals surface area contributed by atoms with Crippen molar-refractivity contribution in [2.75, 3.05) is 7.11 Å². The maximum absolute atomic E-state index is 12.3. The second-order valence-electron chi connectivity index (χ2n) is 6.81. The van der Waals surface area contributed by atoms with E-state index < -0.39 is 12.0 Å². The van der Waals surface area contributed by atoms with Gasteiger partial charge in [0.15, 0.2) is 0 Å². The number of aromatic nitrogens is 2. The molecule has 0 saturated heterocycles. The molecule has 7 nitrogen and oxygen atoms in total. The highest BCUT2D eigenvalue weighted by molar-refractivity contribution is 6.16. The summed E-state index contributed by atoms with van der Waals surface area (Å²) in [6.45, 7) is 0. The minimum absolute atomic E-state index is 0.217. The van der Waals surface area contributed by atoms with E-state index in [0.717, 1.165) is 16.7 Å². The number of nitrogens with zero attached hydrogens (tertiary/aromatic N) is 3. The van der Waals surface area contributed by atoms with Gasteiger partial charge in [0.05, 0.1) is 31.0 Å². The molecule has 2 aromatic heterocycles. The van der Waals surface area contributed by atoms with E-state index in [9.17, 15) is 14.7 Å². The first kappa shape index (κ1) is 18.6. The Morgan fingerprint density at radius 3 is 2.69 bits per heavy atom. The van der Waals surface area contributed by atoms with Gasteiger partial charge in [0.1, 0.15) is 5.75 Å². The summed E-state index contributed by atoms with van der Waals surface area (Å²) in [6.07, 6.45) is 3.16. The molecule has 3 heterocycles. The number of carboxylic acid groups (broad SMARTS) is 1. The van der Waals surface area contributed by atoms with Crippen molar-refractivity contribution in [1.29, 1.82) is 0 Å². The van der Waals surface area contributed by atoms with Crippen molar-refractivity contribution in [1.82, 2.24) is 9.55 Å². The topological polar surface area (TPSA) is 93.8 Å². The van der Waals surface area contributed by atoms with Crippen LogP contribution in [0.15, 0.2) is 64.6 Å². The van der Waals surface area contributed by atoms with Crippen molar-refractivity contribution < 1.29 is 14.6 Å². The molecule has 0 fully saturated rings. The van der Waals surface area contributed by atoms with Gasteiger partial charge in [-0.3, -0.25) is 19.6 Å². The summed E-state index contributed by atoms with van der Waals surface area (Å²) < 4.78 is 6.89. The number of fused-ring (bicyclic) bond motifs is 3. The van der Waals surface area contributed by atoms with Crippen molar-refractivity contribution in [3.63, 3.8) is 0 Å². The summed E-state index contributed by atoms with van der Waals surface area (Å²) in [6, 6.07) is 11.8. The van der Waals surface area contributed by atoms with Gasteiger partial charge in [0, 0.05) is 36.6 Å². The molecule has 1 aromatic carbocycles. The number of benzene rings is 1. The Morgan fingerprint density at radius 1 is 1.17 bits per heavy atom. The van der Waals surface area contributed by atoms with Crippen LogP contribution in [0.1, 0.15) is 29.3 Å². The lowest BCUT2D eigenvalue weighted by atomic mass is 9.92. The second-order valence-corrected chi connectivity index (χ2v) is 6.81. The number of hydrogen-bond donors (Lipinski definition) is 1. The summed E-state index contributed by atoms with van der Waals surface area (Å²) in [5.74, 6) is -0.343. The molecule has 1 atom stereocenters. The number of hydrogen-bond acceptors (Lipinski definition) is 5. The molecule has 146 valence electrons. The van der Waals surface area contributed by atoms with Crippen molar-refractivity contribution in [2.45, 2.75) is 12.5 Å². The number of rotatable bonds is 4. The Morgan fingerprint density at radius 2 is 2.00 bits per heavy atom. The highest BCUT2D eigenvalue weighted by Crippen LogP contribution is 2.39. The average Bonchev–Trinajstić information content (AvgIpc) is 2.84. The summed E-state index contributed by atoms with van der Waals surface area (Å²) in [5, 5.41) is 9.47. The Labute approximate surface area is 167 Å². The molecule has 0 bridgehead atoms. The van der Waals surface area contributed by atoms with Gasteiger partial charge in [-0.25, -0.2) is 0 Å². The molecule has 7 heteroatoms. The first-order valence-corrected chi connectivity index (χ1v) is 9.08. The number of aliphatic imine (C=N–C) groups is 1. The fourth-order valence-electron chi connectivity index (χ4n) is 3.55. The Bertz CT molecular complexity index is 1180. The second kappa shape index (κ2) is 7.35. The number of pyridine rings is 2. The van der Waals surface area contributed by atoms with Crippen LogP contribution in [0.4, 0.5) is 0 Å². The van der Waals surface area contributed by atoms with Crippen molar-refractivity contribution >= 4 is 11.7 Å². The van der Waals surface area contributed by atoms with Crippen molar-refractivity contribution in [2.24, 2.45) is 12.0 Å². The highest BCUT2D eigenvalue weighted by atomic mass is 16.5. The standard InChI is InChI=1S/C22H19N3O4/c1-25-12-17-14-7-6-13(29-2)9-16(14)22(18-5-3-4-8-23-18)24-19(11-21(27)28)15(17)10-20(25)26/h3-10,12,19H,11H2,1-2H3,(H,27,28). The van der Waals surface area contributed by atoms with Crippen LogP contribution in [0.3, 0.4) is 0 Å². The van der Waals surface area contributed by atoms with Gasteiger partial charge in [-0.2, -0.15) is 0 Å². The van der Waals surface area contributed by atoms with Crippen LogP contribution in [-0.2, 0) is 11.8 Å². The van der Waals surface area contributed by atoms with Gasteiger partial charge in [-0.1, -0.05) is 6.07 Å². The van der Waals surface area contributed by atoms with E-state index in [1.54, 1.807) is 32.6 Å². The summed E-state index contributed by atoms with van der Waals surface area (Å²) >= 11 is 0. The van der Waals surface area contributed by atoms with Crippen molar-refractivity contribution in [3.8, 4) is 16.9 Å². The normalized spacial score (nSPS) is 15.0. The van der Waals surface area contributed by atoms with Crippen LogP contribution in [0.25, 0.3) is 11.1 Å². The molecule has 0 amide bonds. The van der Waals surface area contributed by atoms with E-state index in [1.807, 2.05) is 30.3 Å². The molecule has 1 unspecified atom stereocenters. The number of aliphatic carboxylic acids is 1. The number of methoxy groups -OCH3 is 1. The van der Waals surface area contributed by atoms with E-state index in [2.05, 4.69) is 4.98 Å². The first-order valence-electron chi connectivity index (χ1n) is 9.08. The summed E-state index contributed by atoms with van der Waals surface area (Å²) in [5.41, 5.74) is 3.95. The van der Waals surface area contributed by atoms with Crippen LogP contribution in [0.2, 0.25) is 0 Å². The van der Waals surface area contributed by atoms with Gasteiger partial charge in [0.2, 0.25) is 0 Å². The third-order valence-corrected chi connectivity index (χ3v) is 4.95. The monoisotopic (exact) mass is 389 g/mol. The minimum Gasteiger partial charge on any atom is -0.497 e. The molecule has 4 rings (SSSR count). The predicted molar refractivity (Wildman–Crippen MR) is 109 cm³/mol. The largest absolute Gasteiger partial charge is 0.497 e. The lowest BCUT2D eigenvalue weighted by molar-refractivity contribution is -0.137. The zero-order valence-corrected chi connectivity index (χ0v) is 16.0. The molecule has 3 aromatic rings. The van der Waals surface area contributed by atoms with Gasteiger partial charge >= 0.3 is 5.97 Å². The fourth-order valence-corrected chi connectivity index (χ4v) is 3.55. The van der Waals surface area contributed by atoms with Crippen LogP contribution < -0.4 is 10.3 Å². The zero-order chi connectivity index (χ0) is 20.5. The van der Waals surface area contributed by atoms with E-state index in [4.69, 9.17) is 9.73 Å². The summed E-state index contributed by atoms with van der Waals surface area (Å²) in [7, 11) is 3.25. The number of ether oxygens (including phenoxy) is 1. The molecule has 0 spiro atoms. The van der Waals surface area contributed by atoms with Crippen LogP contribution in [0, 0.1) is 0 Å². The first-order chi connectivity index (χ1) is 14.0. The van der Waals surface area contributed by atoms with Crippen LogP contribution in [0.5, 0.6) is 5.75 Å². The Balaban J connectivity index is 2.08. The third-order valence-electron chi connectivity index (χ3n) is 4.95. The van der Waals surface area contributed by atoms with E-state index >= 15 is 0 Å². The average molecular weight is 389 g/mol. The van der Waals surface area contributed by atoms with E-state index in [0.29, 0.717) is 22.7 Å². The smallest absolute Gasteiger partial charge is 0.305 e. The zero-order valence-electron chi connectivity index (χ0n) is 16.0.